The van der Waals surface area contributed by atoms with Crippen LogP contribution in [0.25, 0.3) is 0 Å². The molecule has 3 aromatic rings. The Morgan fingerprint density at radius 3 is 2.52 bits per heavy atom. The van der Waals surface area contributed by atoms with E-state index in [1.165, 1.54) is 5.56 Å². The first-order valence-electron chi connectivity index (χ1n) is 10.5. The molecule has 0 atom stereocenters. The van der Waals surface area contributed by atoms with E-state index in [0.29, 0.717) is 18.8 Å². The molecule has 1 aromatic carbocycles. The molecule has 1 aliphatic rings. The summed E-state index contributed by atoms with van der Waals surface area (Å²) < 4.78 is 5.58. The van der Waals surface area contributed by atoms with Crippen molar-refractivity contribution in [3.63, 3.8) is 0 Å². The van der Waals surface area contributed by atoms with E-state index in [1.807, 2.05) is 73.8 Å². The lowest BCUT2D eigenvalue weighted by Gasteiger charge is -2.34. The first kappa shape index (κ1) is 21.2. The summed E-state index contributed by atoms with van der Waals surface area (Å²) in [5, 5.41) is 1.03. The summed E-state index contributed by atoms with van der Waals surface area (Å²) >= 11 is 1.74. The second kappa shape index (κ2) is 10.3. The predicted octanol–water partition coefficient (Wildman–Crippen LogP) is 4.44. The number of hydrogen-bond acceptors (Lipinski definition) is 6. The number of nitrogens with zero attached hydrogens (tertiary/aromatic N) is 4. The van der Waals surface area contributed by atoms with Gasteiger partial charge in [0.1, 0.15) is 11.6 Å². The number of carbonyl (C=O) groups excluding carboxylic acids is 1. The summed E-state index contributed by atoms with van der Waals surface area (Å²) in [6.45, 7) is 4.73. The first-order valence-corrected chi connectivity index (χ1v) is 11.4. The maximum atomic E-state index is 12.5. The van der Waals surface area contributed by atoms with E-state index < -0.39 is 0 Å². The number of hydrogen-bond donors (Lipinski definition) is 0. The van der Waals surface area contributed by atoms with E-state index in [9.17, 15) is 4.79 Å². The summed E-state index contributed by atoms with van der Waals surface area (Å²) in [5.74, 6) is 2.50. The fourth-order valence-corrected chi connectivity index (χ4v) is 4.28. The van der Waals surface area contributed by atoms with Crippen molar-refractivity contribution in [2.75, 3.05) is 36.8 Å². The molecule has 31 heavy (non-hydrogen) atoms. The summed E-state index contributed by atoms with van der Waals surface area (Å²) in [7, 11) is 0. The Labute approximate surface area is 187 Å². The van der Waals surface area contributed by atoms with Crippen LogP contribution in [0.15, 0.2) is 71.9 Å². The van der Waals surface area contributed by atoms with Crippen LogP contribution in [0.2, 0.25) is 0 Å². The highest BCUT2D eigenvalue weighted by molar-refractivity contribution is 7.99. The van der Waals surface area contributed by atoms with Gasteiger partial charge in [-0.05, 0) is 55.3 Å². The summed E-state index contributed by atoms with van der Waals surface area (Å²) in [6, 6.07) is 19.7. The van der Waals surface area contributed by atoms with Gasteiger partial charge in [0.2, 0.25) is 0 Å². The van der Waals surface area contributed by atoms with Crippen molar-refractivity contribution in [3.05, 3.63) is 78.1 Å². The zero-order valence-corrected chi connectivity index (χ0v) is 18.4. The van der Waals surface area contributed by atoms with Crippen LogP contribution in [0.1, 0.15) is 11.3 Å². The maximum Gasteiger partial charge on any atom is 0.415 e. The number of ether oxygens (including phenoxy) is 1. The van der Waals surface area contributed by atoms with Gasteiger partial charge in [-0.2, -0.15) is 0 Å². The minimum Gasteiger partial charge on any atom is -0.410 e. The lowest BCUT2D eigenvalue weighted by atomic mass is 10.2. The molecule has 160 valence electrons. The molecule has 2 aromatic heterocycles. The third-order valence-corrected chi connectivity index (χ3v) is 6.09. The van der Waals surface area contributed by atoms with Crippen molar-refractivity contribution in [2.24, 2.45) is 0 Å². The average Bonchev–Trinajstić information content (AvgIpc) is 2.81. The minimum absolute atomic E-state index is 0.296. The van der Waals surface area contributed by atoms with Crippen molar-refractivity contribution in [1.82, 2.24) is 14.9 Å². The SMILES string of the molecule is Cc1cccc(N2CCN(C(=O)Oc3ccc(CCSc4ccccn4)cc3)CC2)n1. The van der Waals surface area contributed by atoms with Crippen molar-refractivity contribution >= 4 is 23.7 Å². The Kier molecular flexibility index (Phi) is 7.04. The number of aromatic nitrogens is 2. The zero-order chi connectivity index (χ0) is 21.5. The zero-order valence-electron chi connectivity index (χ0n) is 17.6. The second-order valence-electron chi connectivity index (χ2n) is 7.39. The van der Waals surface area contributed by atoms with Gasteiger partial charge in [-0.25, -0.2) is 14.8 Å². The van der Waals surface area contributed by atoms with Gasteiger partial charge in [0.05, 0.1) is 5.03 Å². The van der Waals surface area contributed by atoms with Crippen LogP contribution >= 0.6 is 11.8 Å². The molecule has 1 amide bonds. The molecule has 0 spiro atoms. The number of aryl methyl sites for hydroxylation is 2. The lowest BCUT2D eigenvalue weighted by molar-refractivity contribution is 0.149. The van der Waals surface area contributed by atoms with E-state index in [1.54, 1.807) is 16.7 Å². The van der Waals surface area contributed by atoms with Gasteiger partial charge in [-0.3, -0.25) is 0 Å². The van der Waals surface area contributed by atoms with Gasteiger partial charge in [0, 0.05) is 43.8 Å². The quantitative estimate of drug-likeness (QED) is 0.535. The molecule has 1 saturated heterocycles. The molecule has 0 aliphatic carbocycles. The molecule has 1 fully saturated rings. The number of anilines is 1. The van der Waals surface area contributed by atoms with Gasteiger partial charge in [-0.1, -0.05) is 24.3 Å². The summed E-state index contributed by atoms with van der Waals surface area (Å²) in [4.78, 5) is 25.4. The number of benzene rings is 1. The first-order chi connectivity index (χ1) is 15.2. The minimum atomic E-state index is -0.296. The standard InChI is InChI=1S/C24H26N4O2S/c1-19-5-4-6-22(26-19)27-14-16-28(17-15-27)24(29)30-21-10-8-20(9-11-21)12-18-31-23-7-2-3-13-25-23/h2-11,13H,12,14-18H2,1H3. The lowest BCUT2D eigenvalue weighted by Crippen LogP contribution is -2.49. The highest BCUT2D eigenvalue weighted by Crippen LogP contribution is 2.19. The molecule has 0 saturated carbocycles. The molecule has 0 N–H and O–H groups in total. The Hall–Kier alpha value is -3.06. The van der Waals surface area contributed by atoms with Crippen LogP contribution < -0.4 is 9.64 Å². The summed E-state index contributed by atoms with van der Waals surface area (Å²) in [5.41, 5.74) is 2.21. The monoisotopic (exact) mass is 434 g/mol. The smallest absolute Gasteiger partial charge is 0.410 e. The van der Waals surface area contributed by atoms with Gasteiger partial charge in [0.25, 0.3) is 0 Å². The normalized spacial score (nSPS) is 13.8. The fraction of sp³-hybridized carbons (Fsp3) is 0.292. The molecular weight excluding hydrogens is 408 g/mol. The molecule has 0 bridgehead atoms. The Morgan fingerprint density at radius 2 is 1.81 bits per heavy atom. The van der Waals surface area contributed by atoms with Crippen LogP contribution in [0.3, 0.4) is 0 Å². The van der Waals surface area contributed by atoms with Crippen molar-refractivity contribution in [3.8, 4) is 5.75 Å². The Morgan fingerprint density at radius 1 is 1.00 bits per heavy atom. The van der Waals surface area contributed by atoms with E-state index in [-0.39, 0.29) is 6.09 Å². The van der Waals surface area contributed by atoms with Crippen molar-refractivity contribution in [1.29, 1.82) is 0 Å². The number of piperazine rings is 1. The number of rotatable bonds is 6. The summed E-state index contributed by atoms with van der Waals surface area (Å²) in [6.07, 6.45) is 2.45. The van der Waals surface area contributed by atoms with Crippen LogP contribution in [0, 0.1) is 6.92 Å². The highest BCUT2D eigenvalue weighted by atomic mass is 32.2. The molecule has 1 aliphatic heterocycles. The van der Waals surface area contributed by atoms with Gasteiger partial charge >= 0.3 is 6.09 Å². The Bertz CT molecular complexity index is 990. The number of pyridine rings is 2. The average molecular weight is 435 g/mol. The van der Waals surface area contributed by atoms with Crippen molar-refractivity contribution in [2.45, 2.75) is 18.4 Å². The molecule has 0 radical (unpaired) electrons. The topological polar surface area (TPSA) is 58.6 Å². The van der Waals surface area contributed by atoms with Gasteiger partial charge < -0.3 is 14.5 Å². The maximum absolute atomic E-state index is 12.5. The number of thioether (sulfide) groups is 1. The number of carbonyl (C=O) groups is 1. The van der Waals surface area contributed by atoms with Crippen LogP contribution in [-0.4, -0.2) is 52.9 Å². The molecule has 7 heteroatoms. The van der Waals surface area contributed by atoms with E-state index in [4.69, 9.17) is 4.74 Å². The van der Waals surface area contributed by atoms with Gasteiger partial charge in [-0.15, -0.1) is 11.8 Å². The van der Waals surface area contributed by atoms with Crippen LogP contribution in [0.5, 0.6) is 5.75 Å². The van der Waals surface area contributed by atoms with E-state index in [2.05, 4.69) is 14.9 Å². The van der Waals surface area contributed by atoms with E-state index >= 15 is 0 Å². The third kappa shape index (κ3) is 5.98. The fourth-order valence-electron chi connectivity index (χ4n) is 3.42. The molecular formula is C24H26N4O2S. The number of amides is 1. The van der Waals surface area contributed by atoms with Crippen LogP contribution in [0.4, 0.5) is 10.6 Å². The predicted molar refractivity (Wildman–Crippen MR) is 124 cm³/mol. The Balaban J connectivity index is 1.22. The molecule has 6 nitrogen and oxygen atoms in total. The second-order valence-corrected chi connectivity index (χ2v) is 8.50. The molecule has 4 rings (SSSR count). The van der Waals surface area contributed by atoms with E-state index in [0.717, 1.165) is 41.8 Å². The van der Waals surface area contributed by atoms with Gasteiger partial charge in [0.15, 0.2) is 0 Å². The van der Waals surface area contributed by atoms with Crippen molar-refractivity contribution < 1.29 is 9.53 Å². The molecule has 0 unspecified atom stereocenters. The van der Waals surface area contributed by atoms with Crippen LogP contribution in [-0.2, 0) is 6.42 Å². The largest absolute Gasteiger partial charge is 0.415 e. The molecule has 3 heterocycles. The third-order valence-electron chi connectivity index (χ3n) is 5.14. The highest BCUT2D eigenvalue weighted by Gasteiger charge is 2.23.